The highest BCUT2D eigenvalue weighted by molar-refractivity contribution is 5.92. The van der Waals surface area contributed by atoms with Gasteiger partial charge in [0.25, 0.3) is 5.91 Å². The van der Waals surface area contributed by atoms with E-state index in [-0.39, 0.29) is 23.8 Å². The monoisotopic (exact) mass is 331 g/mol. The number of aromatic carboxylic acids is 1. The van der Waals surface area contributed by atoms with Crippen LogP contribution in [0.4, 0.5) is 0 Å². The number of carboxylic acid groups (broad SMARTS) is 1. The Kier molecular flexibility index (Phi) is 3.95. The van der Waals surface area contributed by atoms with Crippen LogP contribution in [0.3, 0.4) is 0 Å². The van der Waals surface area contributed by atoms with E-state index in [1.165, 1.54) is 12.1 Å². The molecule has 0 aliphatic heterocycles. The molecule has 0 bridgehead atoms. The van der Waals surface area contributed by atoms with Crippen LogP contribution in [-0.4, -0.2) is 26.8 Å². The van der Waals surface area contributed by atoms with E-state index < -0.39 is 5.97 Å². The van der Waals surface area contributed by atoms with Gasteiger partial charge in [-0.05, 0) is 51.8 Å². The number of carbonyl (C=O) groups is 2. The van der Waals surface area contributed by atoms with Crippen LogP contribution in [-0.2, 0) is 12.1 Å². The van der Waals surface area contributed by atoms with Crippen molar-refractivity contribution in [2.75, 3.05) is 0 Å². The molecule has 3 rings (SSSR count). The zero-order chi connectivity index (χ0) is 17.5. The highest BCUT2D eigenvalue weighted by Crippen LogP contribution is 2.41. The summed E-state index contributed by atoms with van der Waals surface area (Å²) in [5, 5.41) is 16.0. The molecule has 2 N–H and O–H groups in total. The molecule has 2 aromatic rings. The molecule has 0 unspecified atom stereocenters. The Balaban J connectivity index is 1.71. The molecule has 0 saturated heterocycles. The minimum atomic E-state index is -1.13. The number of carbonyl (C=O) groups excluding carboxylic acids is 1. The first-order valence-corrected chi connectivity index (χ1v) is 7.96. The van der Waals surface area contributed by atoms with E-state index >= 15 is 0 Å². The minimum Gasteiger partial charge on any atom is -0.475 e. The summed E-state index contributed by atoms with van der Waals surface area (Å²) in [6.45, 7) is 6.30. The average Bonchev–Trinajstić information content (AvgIpc) is 3.06. The fourth-order valence-electron chi connectivity index (χ4n) is 2.56. The topological polar surface area (TPSA) is 97.4 Å². The summed E-state index contributed by atoms with van der Waals surface area (Å²) in [5.74, 6) is -0.703. The highest BCUT2D eigenvalue weighted by atomic mass is 16.4. The highest BCUT2D eigenvalue weighted by Gasteiger charge is 2.32. The van der Waals surface area contributed by atoms with Gasteiger partial charge in [0.15, 0.2) is 0 Å². The molecule has 1 amide bonds. The van der Waals surface area contributed by atoms with Crippen molar-refractivity contribution in [3.8, 4) is 0 Å². The number of hydrogen-bond acceptors (Lipinski definition) is 4. The zero-order valence-electron chi connectivity index (χ0n) is 14.0. The van der Waals surface area contributed by atoms with Crippen molar-refractivity contribution in [2.45, 2.75) is 51.6 Å². The van der Waals surface area contributed by atoms with Crippen LogP contribution in [0.25, 0.3) is 0 Å². The van der Waals surface area contributed by atoms with Gasteiger partial charge in [-0.1, -0.05) is 0 Å². The van der Waals surface area contributed by atoms with Crippen molar-refractivity contribution in [3.63, 3.8) is 0 Å². The summed E-state index contributed by atoms with van der Waals surface area (Å²) < 4.78 is 7.05. The molecule has 1 aliphatic rings. The van der Waals surface area contributed by atoms with Crippen molar-refractivity contribution < 1.29 is 19.1 Å². The van der Waals surface area contributed by atoms with Gasteiger partial charge in [0, 0.05) is 11.6 Å². The standard InChI is InChI=1S/C17H21N3O4/c1-17(2,3)20-13(10-4-5-10)8-12(19-20)15(21)18-9-11-6-7-14(24-11)16(22)23/h6-8,10H,4-5,9H2,1-3H3,(H,18,21)(H,22,23). The number of nitrogens with zero attached hydrogens (tertiary/aromatic N) is 2. The Bertz CT molecular complexity index is 778. The predicted molar refractivity (Wildman–Crippen MR) is 86.0 cm³/mol. The number of aromatic nitrogens is 2. The van der Waals surface area contributed by atoms with Crippen LogP contribution in [0.15, 0.2) is 22.6 Å². The average molecular weight is 331 g/mol. The summed E-state index contributed by atoms with van der Waals surface area (Å²) in [6, 6.07) is 4.75. The summed E-state index contributed by atoms with van der Waals surface area (Å²) >= 11 is 0. The van der Waals surface area contributed by atoms with Crippen molar-refractivity contribution in [1.82, 2.24) is 15.1 Å². The number of rotatable bonds is 5. The summed E-state index contributed by atoms with van der Waals surface area (Å²) in [4.78, 5) is 23.1. The third-order valence-corrected chi connectivity index (χ3v) is 3.90. The molecule has 128 valence electrons. The van der Waals surface area contributed by atoms with Crippen LogP contribution in [0, 0.1) is 0 Å². The molecular weight excluding hydrogens is 310 g/mol. The van der Waals surface area contributed by atoms with E-state index in [9.17, 15) is 9.59 Å². The van der Waals surface area contributed by atoms with E-state index in [0.29, 0.717) is 17.4 Å². The largest absolute Gasteiger partial charge is 0.475 e. The molecule has 1 fully saturated rings. The van der Waals surface area contributed by atoms with Crippen LogP contribution < -0.4 is 5.32 Å². The molecular formula is C17H21N3O4. The fraction of sp³-hybridized carbons (Fsp3) is 0.471. The van der Waals surface area contributed by atoms with Crippen LogP contribution in [0.5, 0.6) is 0 Å². The van der Waals surface area contributed by atoms with Gasteiger partial charge >= 0.3 is 5.97 Å². The Morgan fingerprint density at radius 1 is 1.38 bits per heavy atom. The SMILES string of the molecule is CC(C)(C)n1nc(C(=O)NCc2ccc(C(=O)O)o2)cc1C1CC1. The number of amides is 1. The van der Waals surface area contributed by atoms with Crippen molar-refractivity contribution in [2.24, 2.45) is 0 Å². The maximum Gasteiger partial charge on any atom is 0.371 e. The molecule has 0 spiro atoms. The van der Waals surface area contributed by atoms with E-state index in [4.69, 9.17) is 9.52 Å². The lowest BCUT2D eigenvalue weighted by Gasteiger charge is -2.22. The van der Waals surface area contributed by atoms with E-state index in [0.717, 1.165) is 18.5 Å². The summed E-state index contributed by atoms with van der Waals surface area (Å²) in [5.41, 5.74) is 1.28. The van der Waals surface area contributed by atoms with Crippen molar-refractivity contribution in [3.05, 3.63) is 41.1 Å². The number of nitrogens with one attached hydrogen (secondary N) is 1. The molecule has 0 radical (unpaired) electrons. The Hall–Kier alpha value is -2.57. The van der Waals surface area contributed by atoms with Gasteiger partial charge in [-0.25, -0.2) is 4.79 Å². The van der Waals surface area contributed by atoms with Crippen molar-refractivity contribution in [1.29, 1.82) is 0 Å². The Morgan fingerprint density at radius 2 is 2.08 bits per heavy atom. The number of carboxylic acids is 1. The van der Waals surface area contributed by atoms with E-state index in [2.05, 4.69) is 31.2 Å². The second kappa shape index (κ2) is 5.81. The van der Waals surface area contributed by atoms with Gasteiger partial charge in [-0.15, -0.1) is 0 Å². The Labute approximate surface area is 139 Å². The fourth-order valence-corrected chi connectivity index (χ4v) is 2.56. The van der Waals surface area contributed by atoms with Crippen molar-refractivity contribution >= 4 is 11.9 Å². The second-order valence-corrected chi connectivity index (χ2v) is 7.07. The smallest absolute Gasteiger partial charge is 0.371 e. The first kappa shape index (κ1) is 16.3. The molecule has 2 heterocycles. The van der Waals surface area contributed by atoms with Gasteiger partial charge < -0.3 is 14.8 Å². The molecule has 0 aromatic carbocycles. The second-order valence-electron chi connectivity index (χ2n) is 7.07. The number of furan rings is 1. The lowest BCUT2D eigenvalue weighted by atomic mass is 10.1. The molecule has 0 atom stereocenters. The summed E-state index contributed by atoms with van der Waals surface area (Å²) in [7, 11) is 0. The maximum atomic E-state index is 12.3. The van der Waals surface area contributed by atoms with Gasteiger partial charge in [0.05, 0.1) is 12.1 Å². The zero-order valence-corrected chi connectivity index (χ0v) is 14.0. The van der Waals surface area contributed by atoms with Crippen LogP contribution in [0.1, 0.15) is 72.0 Å². The minimum absolute atomic E-state index is 0.118. The predicted octanol–water partition coefficient (Wildman–Crippen LogP) is 2.74. The van der Waals surface area contributed by atoms with Gasteiger partial charge in [0.1, 0.15) is 11.5 Å². The quantitative estimate of drug-likeness (QED) is 0.878. The lowest BCUT2D eigenvalue weighted by Crippen LogP contribution is -2.27. The molecule has 7 heteroatoms. The normalized spacial score (nSPS) is 14.6. The first-order chi connectivity index (χ1) is 11.3. The van der Waals surface area contributed by atoms with Gasteiger partial charge in [-0.3, -0.25) is 9.48 Å². The van der Waals surface area contributed by atoms with Gasteiger partial charge in [-0.2, -0.15) is 5.10 Å². The van der Waals surface area contributed by atoms with Crippen LogP contribution in [0.2, 0.25) is 0 Å². The molecule has 24 heavy (non-hydrogen) atoms. The Morgan fingerprint density at radius 3 is 2.62 bits per heavy atom. The molecule has 7 nitrogen and oxygen atoms in total. The van der Waals surface area contributed by atoms with E-state index in [1.54, 1.807) is 0 Å². The summed E-state index contributed by atoms with van der Waals surface area (Å²) in [6.07, 6.45) is 2.26. The maximum absolute atomic E-state index is 12.3. The molecule has 2 aromatic heterocycles. The first-order valence-electron chi connectivity index (χ1n) is 7.96. The lowest BCUT2D eigenvalue weighted by molar-refractivity contribution is 0.0660. The third-order valence-electron chi connectivity index (χ3n) is 3.90. The number of hydrogen-bond donors (Lipinski definition) is 2. The van der Waals surface area contributed by atoms with Gasteiger partial charge in [0.2, 0.25) is 5.76 Å². The van der Waals surface area contributed by atoms with E-state index in [1.807, 2.05) is 10.7 Å². The molecule has 1 aliphatic carbocycles. The molecule has 1 saturated carbocycles. The van der Waals surface area contributed by atoms with Crippen LogP contribution >= 0.6 is 0 Å². The third kappa shape index (κ3) is 3.34.